The van der Waals surface area contributed by atoms with Gasteiger partial charge in [0.2, 0.25) is 0 Å². The second-order valence-corrected chi connectivity index (χ2v) is 4.97. The van der Waals surface area contributed by atoms with E-state index in [2.05, 4.69) is 12.2 Å². The van der Waals surface area contributed by atoms with Crippen molar-refractivity contribution in [1.82, 2.24) is 0 Å². The second-order valence-electron chi connectivity index (χ2n) is 2.89. The van der Waals surface area contributed by atoms with Gasteiger partial charge in [0.05, 0.1) is 6.10 Å². The highest BCUT2D eigenvalue weighted by Crippen LogP contribution is 2.58. The molecular weight excluding hydrogens is 183 g/mol. The van der Waals surface area contributed by atoms with E-state index in [9.17, 15) is 4.57 Å². The van der Waals surface area contributed by atoms with E-state index in [4.69, 9.17) is 10.9 Å². The summed E-state index contributed by atoms with van der Waals surface area (Å²) in [7, 11) is -3.01. The van der Waals surface area contributed by atoms with Crippen LogP contribution in [0.5, 0.6) is 0 Å². The van der Waals surface area contributed by atoms with E-state index in [1.165, 1.54) is 6.08 Å². The fraction of sp³-hybridized carbons (Fsp3) is 0.400. The van der Waals surface area contributed by atoms with Crippen LogP contribution in [0, 0.1) is 12.1 Å². The molecule has 0 amide bonds. The van der Waals surface area contributed by atoms with Crippen molar-refractivity contribution in [2.24, 2.45) is 0 Å². The Balaban J connectivity index is 3.01. The van der Waals surface area contributed by atoms with Gasteiger partial charge in [0.25, 0.3) is 0 Å². The van der Waals surface area contributed by atoms with Gasteiger partial charge >= 0.3 is 7.37 Å². The average Bonchev–Trinajstić information content (AvgIpc) is 2.17. The Morgan fingerprint density at radius 1 is 2.00 bits per heavy atom. The third-order valence-electron chi connectivity index (χ3n) is 2.06. The minimum Gasteiger partial charge on any atom is -0.313 e. The molecule has 0 fully saturated rings. The van der Waals surface area contributed by atoms with Crippen LogP contribution in [0.4, 0.5) is 0 Å². The lowest BCUT2D eigenvalue weighted by molar-refractivity contribution is 0.205. The molecule has 1 aliphatic rings. The lowest BCUT2D eigenvalue weighted by atomic mass is 10.2. The third-order valence-corrected chi connectivity index (χ3v) is 4.04. The lowest BCUT2D eigenvalue weighted by Crippen LogP contribution is -2.13. The first kappa shape index (κ1) is 10.3. The molecule has 0 radical (unpaired) electrons. The molecule has 0 aliphatic carbocycles. The predicted molar refractivity (Wildman–Crippen MR) is 54.5 cm³/mol. The first-order chi connectivity index (χ1) is 6.16. The summed E-state index contributed by atoms with van der Waals surface area (Å²) in [5.41, 5.74) is 2.24. The maximum absolute atomic E-state index is 11.9. The molecule has 0 bridgehead atoms. The van der Waals surface area contributed by atoms with E-state index in [0.717, 1.165) is 12.8 Å². The summed E-state index contributed by atoms with van der Waals surface area (Å²) < 4.78 is 17.3. The van der Waals surface area contributed by atoms with Crippen LogP contribution in [-0.2, 0) is 9.09 Å². The standard InChI is InChI=1S/C10H13O2P/c1-4-9-7-8-10(5-2)13(11,6-3)12-9/h3,5,8-9H,2,4,7H2,1H3/t9-,13?/m0/s1. The van der Waals surface area contributed by atoms with E-state index < -0.39 is 7.37 Å². The zero-order valence-corrected chi connectivity index (χ0v) is 8.59. The molecule has 0 aromatic rings. The normalized spacial score (nSPS) is 33.2. The van der Waals surface area contributed by atoms with Crippen LogP contribution in [0.3, 0.4) is 0 Å². The zero-order valence-electron chi connectivity index (χ0n) is 7.69. The van der Waals surface area contributed by atoms with Crippen LogP contribution >= 0.6 is 7.37 Å². The highest BCUT2D eigenvalue weighted by Gasteiger charge is 2.31. The number of terminal acetylenes is 1. The van der Waals surface area contributed by atoms with Gasteiger partial charge in [-0.2, -0.15) is 0 Å². The van der Waals surface area contributed by atoms with Crippen LogP contribution in [0.2, 0.25) is 0 Å². The lowest BCUT2D eigenvalue weighted by Gasteiger charge is -2.25. The van der Waals surface area contributed by atoms with E-state index in [1.54, 1.807) is 0 Å². The molecule has 1 heterocycles. The smallest absolute Gasteiger partial charge is 0.302 e. The first-order valence-electron chi connectivity index (χ1n) is 4.25. The highest BCUT2D eigenvalue weighted by atomic mass is 31.2. The predicted octanol–water partition coefficient (Wildman–Crippen LogP) is 3.12. The number of rotatable bonds is 2. The zero-order chi connectivity index (χ0) is 9.90. The van der Waals surface area contributed by atoms with Gasteiger partial charge in [0.1, 0.15) is 0 Å². The Morgan fingerprint density at radius 3 is 3.15 bits per heavy atom. The van der Waals surface area contributed by atoms with Crippen molar-refractivity contribution in [3.63, 3.8) is 0 Å². The minimum absolute atomic E-state index is 0.00872. The van der Waals surface area contributed by atoms with Crippen molar-refractivity contribution in [3.05, 3.63) is 24.0 Å². The molecule has 0 saturated carbocycles. The summed E-state index contributed by atoms with van der Waals surface area (Å²) in [4.78, 5) is 0. The Labute approximate surface area is 79.1 Å². The van der Waals surface area contributed by atoms with Crippen molar-refractivity contribution in [1.29, 1.82) is 0 Å². The van der Waals surface area contributed by atoms with Crippen molar-refractivity contribution in [2.75, 3.05) is 0 Å². The van der Waals surface area contributed by atoms with Crippen molar-refractivity contribution < 1.29 is 9.09 Å². The minimum atomic E-state index is -3.01. The summed E-state index contributed by atoms with van der Waals surface area (Å²) in [6.07, 6.45) is 10.2. The van der Waals surface area contributed by atoms with Crippen LogP contribution in [0.15, 0.2) is 24.0 Å². The average molecular weight is 196 g/mol. The number of allylic oxidation sites excluding steroid dienone is 2. The van der Waals surface area contributed by atoms with Gasteiger partial charge in [-0.1, -0.05) is 25.7 Å². The molecular formula is C10H13O2P. The molecule has 2 atom stereocenters. The molecule has 0 aromatic carbocycles. The van der Waals surface area contributed by atoms with Gasteiger partial charge in [-0.3, -0.25) is 4.57 Å². The summed E-state index contributed by atoms with van der Waals surface area (Å²) in [6, 6.07) is 0. The van der Waals surface area contributed by atoms with Crippen LogP contribution in [0.1, 0.15) is 19.8 Å². The molecule has 1 aliphatic heterocycles. The second kappa shape index (κ2) is 3.96. The van der Waals surface area contributed by atoms with E-state index in [-0.39, 0.29) is 6.10 Å². The molecule has 13 heavy (non-hydrogen) atoms. The van der Waals surface area contributed by atoms with Gasteiger partial charge in [0, 0.05) is 5.31 Å². The molecule has 70 valence electrons. The molecule has 1 rings (SSSR count). The molecule has 2 nitrogen and oxygen atoms in total. The summed E-state index contributed by atoms with van der Waals surface area (Å²) in [5.74, 6) is 0. The topological polar surface area (TPSA) is 26.3 Å². The Hall–Kier alpha value is -0.770. The van der Waals surface area contributed by atoms with E-state index >= 15 is 0 Å². The maximum atomic E-state index is 11.9. The maximum Gasteiger partial charge on any atom is 0.302 e. The molecule has 3 heteroatoms. The van der Waals surface area contributed by atoms with Gasteiger partial charge in [-0.25, -0.2) is 0 Å². The van der Waals surface area contributed by atoms with E-state index in [1.807, 2.05) is 13.0 Å². The number of hydrogen-bond donors (Lipinski definition) is 0. The summed E-state index contributed by atoms with van der Waals surface area (Å²) in [5, 5.41) is 0.569. The molecule has 0 N–H and O–H groups in total. The van der Waals surface area contributed by atoms with Crippen molar-refractivity contribution in [3.8, 4) is 12.1 Å². The summed E-state index contributed by atoms with van der Waals surface area (Å²) in [6.45, 7) is 5.55. The Bertz CT molecular complexity index is 322. The van der Waals surface area contributed by atoms with Crippen LogP contribution in [-0.4, -0.2) is 6.10 Å². The molecule has 0 aromatic heterocycles. The molecule has 0 spiro atoms. The number of hydrogen-bond acceptors (Lipinski definition) is 2. The van der Waals surface area contributed by atoms with E-state index in [0.29, 0.717) is 5.31 Å². The SMILES string of the molecule is C#CP1(=O)O[C@@H](CC)CC=C1C=C. The van der Waals surface area contributed by atoms with Gasteiger partial charge in [0.15, 0.2) is 0 Å². The van der Waals surface area contributed by atoms with Crippen molar-refractivity contribution >= 4 is 7.37 Å². The van der Waals surface area contributed by atoms with Crippen molar-refractivity contribution in [2.45, 2.75) is 25.9 Å². The fourth-order valence-corrected chi connectivity index (χ4v) is 2.81. The quantitative estimate of drug-likeness (QED) is 0.501. The van der Waals surface area contributed by atoms with Crippen LogP contribution < -0.4 is 0 Å². The Kier molecular flexibility index (Phi) is 3.14. The molecule has 0 saturated heterocycles. The summed E-state index contributed by atoms with van der Waals surface area (Å²) >= 11 is 0. The third kappa shape index (κ3) is 1.94. The fourth-order valence-electron chi connectivity index (χ4n) is 1.24. The van der Waals surface area contributed by atoms with Gasteiger partial charge < -0.3 is 4.52 Å². The van der Waals surface area contributed by atoms with Gasteiger partial charge in [-0.15, -0.1) is 6.42 Å². The van der Waals surface area contributed by atoms with Crippen LogP contribution in [0.25, 0.3) is 0 Å². The van der Waals surface area contributed by atoms with Gasteiger partial charge in [-0.05, 0) is 18.5 Å². The monoisotopic (exact) mass is 196 g/mol. The first-order valence-corrected chi connectivity index (χ1v) is 5.88. The largest absolute Gasteiger partial charge is 0.313 e. The highest BCUT2D eigenvalue weighted by molar-refractivity contribution is 7.68. The molecule has 1 unspecified atom stereocenters. The Morgan fingerprint density at radius 2 is 2.69 bits per heavy atom.